The molecule has 0 heterocycles. The molecule has 1 fully saturated rings. The molecule has 1 aliphatic rings. The lowest BCUT2D eigenvalue weighted by molar-refractivity contribution is 0.00412. The quantitative estimate of drug-likeness (QED) is 0.658. The van der Waals surface area contributed by atoms with E-state index in [-0.39, 0.29) is 6.10 Å². The summed E-state index contributed by atoms with van der Waals surface area (Å²) in [6.07, 6.45) is 3.81. The summed E-state index contributed by atoms with van der Waals surface area (Å²) in [6.45, 7) is 5.17. The number of hydrogen-bond acceptors (Lipinski definition) is 3. The summed E-state index contributed by atoms with van der Waals surface area (Å²) < 4.78 is 11.4. The van der Waals surface area contributed by atoms with Crippen LogP contribution in [0.4, 0.5) is 0 Å². The third kappa shape index (κ3) is 5.72. The lowest BCUT2D eigenvalue weighted by atomic mass is 10.1. The maximum absolute atomic E-state index is 5.97. The van der Waals surface area contributed by atoms with Gasteiger partial charge >= 0.3 is 0 Å². The molecule has 0 saturated heterocycles. The molecule has 0 aromatic heterocycles. The molecular weight excluding hydrogens is 238 g/mol. The fourth-order valence-electron chi connectivity index (χ4n) is 2.00. The lowest BCUT2D eigenvalue weighted by Crippen LogP contribution is -2.26. The predicted octanol–water partition coefficient (Wildman–Crippen LogP) is 2.92. The van der Waals surface area contributed by atoms with Crippen molar-refractivity contribution in [1.82, 2.24) is 5.32 Å². The molecule has 1 N–H and O–H groups in total. The molecule has 1 saturated carbocycles. The van der Waals surface area contributed by atoms with Crippen LogP contribution in [0.5, 0.6) is 0 Å². The average Bonchev–Trinajstić information content (AvgIpc) is 3.27. The molecular formula is C16H25NO2. The highest BCUT2D eigenvalue weighted by Crippen LogP contribution is 2.22. The average molecular weight is 263 g/mol. The van der Waals surface area contributed by atoms with Gasteiger partial charge in [0.1, 0.15) is 0 Å². The zero-order chi connectivity index (χ0) is 13.3. The van der Waals surface area contributed by atoms with Gasteiger partial charge in [-0.1, -0.05) is 37.3 Å². The fraction of sp³-hybridized carbons (Fsp3) is 0.625. The molecule has 1 aliphatic carbocycles. The number of rotatable bonds is 10. The van der Waals surface area contributed by atoms with Crippen molar-refractivity contribution in [3.05, 3.63) is 35.9 Å². The zero-order valence-corrected chi connectivity index (χ0v) is 11.8. The van der Waals surface area contributed by atoms with Crippen molar-refractivity contribution in [3.8, 4) is 0 Å². The summed E-state index contributed by atoms with van der Waals surface area (Å²) in [5.74, 6) is 0. The van der Waals surface area contributed by atoms with E-state index in [0.717, 1.165) is 19.6 Å². The van der Waals surface area contributed by atoms with Crippen LogP contribution >= 0.6 is 0 Å². The van der Waals surface area contributed by atoms with Gasteiger partial charge in [-0.15, -0.1) is 0 Å². The maximum Gasteiger partial charge on any atom is 0.0950 e. The van der Waals surface area contributed by atoms with Gasteiger partial charge < -0.3 is 14.8 Å². The Labute approximate surface area is 116 Å². The molecule has 1 unspecified atom stereocenters. The minimum Gasteiger partial charge on any atom is -0.379 e. The Balaban J connectivity index is 1.76. The third-order valence-electron chi connectivity index (χ3n) is 3.24. The van der Waals surface area contributed by atoms with Crippen LogP contribution in [0.3, 0.4) is 0 Å². The number of hydrogen-bond donors (Lipinski definition) is 1. The van der Waals surface area contributed by atoms with Gasteiger partial charge in [0.25, 0.3) is 0 Å². The van der Waals surface area contributed by atoms with Crippen LogP contribution in [0, 0.1) is 0 Å². The second-order valence-corrected chi connectivity index (χ2v) is 5.07. The van der Waals surface area contributed by atoms with Crippen LogP contribution in [0.2, 0.25) is 0 Å². The summed E-state index contributed by atoms with van der Waals surface area (Å²) in [7, 11) is 0. The van der Waals surface area contributed by atoms with E-state index < -0.39 is 0 Å². The van der Waals surface area contributed by atoms with E-state index in [1.165, 1.54) is 18.4 Å². The van der Waals surface area contributed by atoms with Crippen molar-refractivity contribution in [2.75, 3.05) is 26.4 Å². The van der Waals surface area contributed by atoms with Gasteiger partial charge in [0.2, 0.25) is 0 Å². The second-order valence-electron chi connectivity index (χ2n) is 5.07. The topological polar surface area (TPSA) is 30.5 Å². The van der Waals surface area contributed by atoms with Crippen molar-refractivity contribution in [1.29, 1.82) is 0 Å². The zero-order valence-electron chi connectivity index (χ0n) is 11.8. The molecule has 1 aromatic carbocycles. The molecule has 2 rings (SSSR count). The van der Waals surface area contributed by atoms with Gasteiger partial charge in [-0.25, -0.2) is 0 Å². The van der Waals surface area contributed by atoms with Crippen molar-refractivity contribution in [3.63, 3.8) is 0 Å². The SMILES string of the molecule is CCCOCCOC(CNC1CC1)c1ccccc1. The number of ether oxygens (including phenoxy) is 2. The van der Waals surface area contributed by atoms with Crippen molar-refractivity contribution >= 4 is 0 Å². The first-order valence-electron chi connectivity index (χ1n) is 7.38. The van der Waals surface area contributed by atoms with Crippen LogP contribution in [0.15, 0.2) is 30.3 Å². The van der Waals surface area contributed by atoms with Crippen molar-refractivity contribution < 1.29 is 9.47 Å². The molecule has 1 aromatic rings. The first-order chi connectivity index (χ1) is 9.40. The van der Waals surface area contributed by atoms with Crippen LogP contribution in [-0.2, 0) is 9.47 Å². The Bertz CT molecular complexity index is 338. The Kier molecular flexibility index (Phi) is 6.34. The predicted molar refractivity (Wildman–Crippen MR) is 77.3 cm³/mol. The van der Waals surface area contributed by atoms with Gasteiger partial charge in [-0.05, 0) is 24.8 Å². The Morgan fingerprint density at radius 2 is 1.95 bits per heavy atom. The molecule has 19 heavy (non-hydrogen) atoms. The van der Waals surface area contributed by atoms with Crippen molar-refractivity contribution in [2.45, 2.75) is 38.3 Å². The van der Waals surface area contributed by atoms with Crippen LogP contribution in [-0.4, -0.2) is 32.4 Å². The molecule has 0 spiro atoms. The Morgan fingerprint density at radius 3 is 2.63 bits per heavy atom. The Morgan fingerprint density at radius 1 is 1.16 bits per heavy atom. The Hall–Kier alpha value is -0.900. The third-order valence-corrected chi connectivity index (χ3v) is 3.24. The van der Waals surface area contributed by atoms with Crippen molar-refractivity contribution in [2.24, 2.45) is 0 Å². The van der Waals surface area contributed by atoms with Crippen LogP contribution in [0.1, 0.15) is 37.9 Å². The first kappa shape index (κ1) is 14.5. The van der Waals surface area contributed by atoms with E-state index in [4.69, 9.17) is 9.47 Å². The summed E-state index contributed by atoms with van der Waals surface area (Å²) in [5.41, 5.74) is 1.24. The smallest absolute Gasteiger partial charge is 0.0950 e. The van der Waals surface area contributed by atoms with Crippen LogP contribution in [0.25, 0.3) is 0 Å². The molecule has 0 amide bonds. The van der Waals surface area contributed by atoms with E-state index in [9.17, 15) is 0 Å². The molecule has 0 aliphatic heterocycles. The molecule has 0 radical (unpaired) electrons. The number of nitrogens with one attached hydrogen (secondary N) is 1. The highest BCUT2D eigenvalue weighted by Gasteiger charge is 2.22. The monoisotopic (exact) mass is 263 g/mol. The van der Waals surface area contributed by atoms with Gasteiger partial charge in [0.05, 0.1) is 19.3 Å². The van der Waals surface area contributed by atoms with Gasteiger partial charge in [-0.3, -0.25) is 0 Å². The molecule has 1 atom stereocenters. The van der Waals surface area contributed by atoms with E-state index in [1.54, 1.807) is 0 Å². The summed E-state index contributed by atoms with van der Waals surface area (Å²) in [4.78, 5) is 0. The summed E-state index contributed by atoms with van der Waals surface area (Å²) in [6, 6.07) is 11.1. The maximum atomic E-state index is 5.97. The molecule has 3 nitrogen and oxygen atoms in total. The van der Waals surface area contributed by atoms with E-state index in [2.05, 4.69) is 36.5 Å². The highest BCUT2D eigenvalue weighted by molar-refractivity contribution is 5.18. The van der Waals surface area contributed by atoms with Gasteiger partial charge in [-0.2, -0.15) is 0 Å². The fourth-order valence-corrected chi connectivity index (χ4v) is 2.00. The minimum absolute atomic E-state index is 0.132. The molecule has 3 heteroatoms. The summed E-state index contributed by atoms with van der Waals surface area (Å²) >= 11 is 0. The first-order valence-corrected chi connectivity index (χ1v) is 7.38. The second kappa shape index (κ2) is 8.31. The standard InChI is InChI=1S/C16H25NO2/c1-2-10-18-11-12-19-16(13-17-15-8-9-15)14-6-4-3-5-7-14/h3-7,15-17H,2,8-13H2,1H3. The van der Waals surface area contributed by atoms with Gasteiger partial charge in [0, 0.05) is 19.2 Å². The lowest BCUT2D eigenvalue weighted by Gasteiger charge is -2.19. The summed E-state index contributed by atoms with van der Waals surface area (Å²) in [5, 5.41) is 3.54. The van der Waals surface area contributed by atoms with Crippen LogP contribution < -0.4 is 5.32 Å². The number of benzene rings is 1. The van der Waals surface area contributed by atoms with E-state index >= 15 is 0 Å². The van der Waals surface area contributed by atoms with Gasteiger partial charge in [0.15, 0.2) is 0 Å². The van der Waals surface area contributed by atoms with E-state index in [0.29, 0.717) is 19.3 Å². The normalized spacial score (nSPS) is 16.5. The van der Waals surface area contributed by atoms with E-state index in [1.807, 2.05) is 6.07 Å². The minimum atomic E-state index is 0.132. The highest BCUT2D eigenvalue weighted by atomic mass is 16.5. The molecule has 106 valence electrons. The molecule has 0 bridgehead atoms. The largest absolute Gasteiger partial charge is 0.379 e.